The Morgan fingerprint density at radius 2 is 1.61 bits per heavy atom. The Balaban J connectivity index is 1.68. The van der Waals surface area contributed by atoms with Crippen LogP contribution in [-0.2, 0) is 21.4 Å². The molecule has 7 heteroatoms. The van der Waals surface area contributed by atoms with Gasteiger partial charge in [-0.3, -0.25) is 9.10 Å². The van der Waals surface area contributed by atoms with Crippen molar-refractivity contribution in [1.29, 1.82) is 0 Å². The van der Waals surface area contributed by atoms with Gasteiger partial charge in [-0.2, -0.15) is 0 Å². The lowest BCUT2D eigenvalue weighted by molar-refractivity contribution is -0.114. The van der Waals surface area contributed by atoms with Gasteiger partial charge >= 0.3 is 0 Å². The highest BCUT2D eigenvalue weighted by Gasteiger charge is 2.21. The van der Waals surface area contributed by atoms with Crippen LogP contribution in [0.1, 0.15) is 16.7 Å². The first kappa shape index (κ1) is 22.4. The van der Waals surface area contributed by atoms with Crippen LogP contribution in [-0.4, -0.2) is 27.1 Å². The van der Waals surface area contributed by atoms with Gasteiger partial charge in [0.25, 0.3) is 0 Å². The number of nitrogens with one attached hydrogen (secondary N) is 1. The van der Waals surface area contributed by atoms with Crippen LogP contribution in [0.4, 0.5) is 11.4 Å². The van der Waals surface area contributed by atoms with Crippen LogP contribution >= 0.6 is 0 Å². The number of rotatable bonds is 8. The van der Waals surface area contributed by atoms with E-state index in [1.807, 2.05) is 56.3 Å². The van der Waals surface area contributed by atoms with Gasteiger partial charge in [-0.15, -0.1) is 0 Å². The number of amides is 1. The third-order valence-corrected chi connectivity index (χ3v) is 5.99. The Bertz CT molecular complexity index is 1140. The minimum Gasteiger partial charge on any atom is -0.489 e. The molecule has 3 rings (SSSR count). The summed E-state index contributed by atoms with van der Waals surface area (Å²) in [4.78, 5) is 12.5. The molecule has 0 heterocycles. The van der Waals surface area contributed by atoms with Crippen LogP contribution in [0, 0.1) is 13.8 Å². The second kappa shape index (κ2) is 9.66. The number of nitrogens with zero attached hydrogens (tertiary/aromatic N) is 1. The molecule has 0 fully saturated rings. The van der Waals surface area contributed by atoms with Crippen LogP contribution in [0.25, 0.3) is 0 Å². The summed E-state index contributed by atoms with van der Waals surface area (Å²) in [5.41, 5.74) is 4.22. The number of aryl methyl sites for hydroxylation is 2. The summed E-state index contributed by atoms with van der Waals surface area (Å²) >= 11 is 0. The molecule has 0 atom stereocenters. The predicted molar refractivity (Wildman–Crippen MR) is 124 cm³/mol. The molecule has 162 valence electrons. The van der Waals surface area contributed by atoms with Crippen LogP contribution in [0.3, 0.4) is 0 Å². The van der Waals surface area contributed by atoms with Gasteiger partial charge in [0.05, 0.1) is 11.9 Å². The van der Waals surface area contributed by atoms with Crippen LogP contribution in [0.15, 0.2) is 72.8 Å². The normalized spacial score (nSPS) is 11.1. The molecule has 0 aliphatic heterocycles. The molecule has 0 aromatic heterocycles. The van der Waals surface area contributed by atoms with E-state index in [2.05, 4.69) is 5.32 Å². The average Bonchev–Trinajstić information content (AvgIpc) is 2.74. The molecule has 3 aromatic rings. The second-order valence-corrected chi connectivity index (χ2v) is 9.29. The topological polar surface area (TPSA) is 75.7 Å². The Morgan fingerprint density at radius 3 is 2.23 bits per heavy atom. The largest absolute Gasteiger partial charge is 0.489 e. The van der Waals surface area contributed by atoms with E-state index < -0.39 is 15.9 Å². The first-order valence-electron chi connectivity index (χ1n) is 9.84. The van der Waals surface area contributed by atoms with Crippen molar-refractivity contribution >= 4 is 27.3 Å². The van der Waals surface area contributed by atoms with E-state index in [1.54, 1.807) is 30.3 Å². The summed E-state index contributed by atoms with van der Waals surface area (Å²) in [6.45, 7) is 4.03. The van der Waals surface area contributed by atoms with Crippen LogP contribution in [0.5, 0.6) is 5.75 Å². The lowest BCUT2D eigenvalue weighted by Crippen LogP contribution is -2.37. The van der Waals surface area contributed by atoms with Gasteiger partial charge in [-0.25, -0.2) is 8.42 Å². The van der Waals surface area contributed by atoms with Crippen molar-refractivity contribution in [3.8, 4) is 5.75 Å². The summed E-state index contributed by atoms with van der Waals surface area (Å²) in [6, 6.07) is 22.0. The van der Waals surface area contributed by atoms with E-state index in [-0.39, 0.29) is 6.54 Å². The molecule has 3 aromatic carbocycles. The first-order valence-corrected chi connectivity index (χ1v) is 11.7. The first-order chi connectivity index (χ1) is 14.7. The van der Waals surface area contributed by atoms with Gasteiger partial charge < -0.3 is 10.1 Å². The van der Waals surface area contributed by atoms with E-state index >= 15 is 0 Å². The fraction of sp³-hybridized carbons (Fsp3) is 0.208. The number of carbonyl (C=O) groups is 1. The maximum Gasteiger partial charge on any atom is 0.245 e. The van der Waals surface area contributed by atoms with Gasteiger partial charge in [-0.05, 0) is 66.9 Å². The Morgan fingerprint density at radius 1 is 0.935 bits per heavy atom. The Labute approximate surface area is 183 Å². The molecule has 0 aliphatic rings. The van der Waals surface area contributed by atoms with Crippen molar-refractivity contribution in [2.45, 2.75) is 20.5 Å². The summed E-state index contributed by atoms with van der Waals surface area (Å²) in [5, 5.41) is 2.76. The SMILES string of the molecule is Cc1ccc(NC(=O)CN(c2ccc(OCc3ccccc3)cc2)S(C)(=O)=O)cc1C. The van der Waals surface area contributed by atoms with Gasteiger partial charge in [-0.1, -0.05) is 36.4 Å². The lowest BCUT2D eigenvalue weighted by atomic mass is 10.1. The minimum absolute atomic E-state index is 0.323. The molecule has 1 amide bonds. The molecule has 0 radical (unpaired) electrons. The molecule has 0 spiro atoms. The number of ether oxygens (including phenoxy) is 1. The second-order valence-electron chi connectivity index (χ2n) is 7.39. The summed E-state index contributed by atoms with van der Waals surface area (Å²) in [5.74, 6) is 0.193. The van der Waals surface area contributed by atoms with Gasteiger partial charge in [0.2, 0.25) is 15.9 Å². The quantitative estimate of drug-likeness (QED) is 0.569. The molecule has 0 saturated heterocycles. The molecular formula is C24H26N2O4S. The van der Waals surface area contributed by atoms with E-state index in [9.17, 15) is 13.2 Å². The molecule has 1 N–H and O–H groups in total. The van der Waals surface area contributed by atoms with Gasteiger partial charge in [0, 0.05) is 5.69 Å². The maximum atomic E-state index is 12.5. The zero-order chi connectivity index (χ0) is 22.4. The summed E-state index contributed by atoms with van der Waals surface area (Å²) in [7, 11) is -3.66. The zero-order valence-corrected chi connectivity index (χ0v) is 18.6. The molecular weight excluding hydrogens is 412 g/mol. The van der Waals surface area contributed by atoms with E-state index in [0.29, 0.717) is 23.7 Å². The number of sulfonamides is 1. The Hall–Kier alpha value is -3.32. The van der Waals surface area contributed by atoms with Crippen LogP contribution in [0.2, 0.25) is 0 Å². The lowest BCUT2D eigenvalue weighted by Gasteiger charge is -2.22. The molecule has 0 saturated carbocycles. The van der Waals surface area contributed by atoms with Crippen molar-refractivity contribution in [3.05, 3.63) is 89.5 Å². The van der Waals surface area contributed by atoms with Crippen LogP contribution < -0.4 is 14.4 Å². The Kier molecular flexibility index (Phi) is 6.97. The van der Waals surface area contributed by atoms with Crippen molar-refractivity contribution in [2.75, 3.05) is 22.4 Å². The van der Waals surface area contributed by atoms with E-state index in [4.69, 9.17) is 4.74 Å². The third-order valence-electron chi connectivity index (χ3n) is 4.85. The number of anilines is 2. The minimum atomic E-state index is -3.66. The summed E-state index contributed by atoms with van der Waals surface area (Å²) < 4.78 is 31.5. The molecule has 6 nitrogen and oxygen atoms in total. The third kappa shape index (κ3) is 6.33. The smallest absolute Gasteiger partial charge is 0.245 e. The number of carbonyl (C=O) groups excluding carboxylic acids is 1. The maximum absolute atomic E-state index is 12.5. The molecule has 0 unspecified atom stereocenters. The van der Waals surface area contributed by atoms with Gasteiger partial charge in [0.1, 0.15) is 18.9 Å². The van der Waals surface area contributed by atoms with E-state index in [0.717, 1.165) is 27.3 Å². The summed E-state index contributed by atoms with van der Waals surface area (Å²) in [6.07, 6.45) is 1.08. The average molecular weight is 439 g/mol. The highest BCUT2D eigenvalue weighted by Crippen LogP contribution is 2.23. The highest BCUT2D eigenvalue weighted by molar-refractivity contribution is 7.92. The predicted octanol–water partition coefficient (Wildman–Crippen LogP) is 4.29. The molecule has 31 heavy (non-hydrogen) atoms. The molecule has 0 aliphatic carbocycles. The fourth-order valence-electron chi connectivity index (χ4n) is 3.00. The van der Waals surface area contributed by atoms with E-state index in [1.165, 1.54) is 0 Å². The van der Waals surface area contributed by atoms with Gasteiger partial charge in [0.15, 0.2) is 0 Å². The van der Waals surface area contributed by atoms with Crippen molar-refractivity contribution in [1.82, 2.24) is 0 Å². The fourth-order valence-corrected chi connectivity index (χ4v) is 3.86. The molecule has 0 bridgehead atoms. The number of hydrogen-bond donors (Lipinski definition) is 1. The van der Waals surface area contributed by atoms with Crippen molar-refractivity contribution in [2.24, 2.45) is 0 Å². The zero-order valence-electron chi connectivity index (χ0n) is 17.8. The number of hydrogen-bond acceptors (Lipinski definition) is 4. The standard InChI is InChI=1S/C24H26N2O4S/c1-18-9-10-21(15-19(18)2)25-24(27)16-26(31(3,28)29)22-11-13-23(14-12-22)30-17-20-7-5-4-6-8-20/h4-15H,16-17H2,1-3H3,(H,25,27). The van der Waals surface area contributed by atoms with Crippen molar-refractivity contribution < 1.29 is 17.9 Å². The monoisotopic (exact) mass is 438 g/mol. The number of benzene rings is 3. The highest BCUT2D eigenvalue weighted by atomic mass is 32.2. The van der Waals surface area contributed by atoms with Crippen molar-refractivity contribution in [3.63, 3.8) is 0 Å².